The Balaban J connectivity index is 1.28. The van der Waals surface area contributed by atoms with Crippen LogP contribution in [0.3, 0.4) is 0 Å². The van der Waals surface area contributed by atoms with Crippen molar-refractivity contribution in [2.75, 3.05) is 45.7 Å². The van der Waals surface area contributed by atoms with E-state index in [1.165, 1.54) is 6.33 Å². The number of nitriles is 1. The Morgan fingerprint density at radius 1 is 1.07 bits per heavy atom. The highest BCUT2D eigenvalue weighted by molar-refractivity contribution is 5.95. The second kappa shape index (κ2) is 12.4. The maximum atomic E-state index is 13.0. The van der Waals surface area contributed by atoms with E-state index in [-0.39, 0.29) is 12.0 Å². The first kappa shape index (κ1) is 27.5. The van der Waals surface area contributed by atoms with Crippen LogP contribution in [0.15, 0.2) is 55.1 Å². The molecule has 0 saturated carbocycles. The van der Waals surface area contributed by atoms with Gasteiger partial charge in [0.15, 0.2) is 0 Å². The Labute approximate surface area is 237 Å². The largest absolute Gasteiger partial charge is 0.495 e. The molecule has 41 heavy (non-hydrogen) atoms. The van der Waals surface area contributed by atoms with Crippen molar-refractivity contribution >= 4 is 17.5 Å². The monoisotopic (exact) mass is 554 g/mol. The molecule has 1 saturated heterocycles. The minimum absolute atomic E-state index is 0.0147. The molecule has 13 heteroatoms. The van der Waals surface area contributed by atoms with E-state index < -0.39 is 0 Å². The summed E-state index contributed by atoms with van der Waals surface area (Å²) in [4.78, 5) is 26.0. The van der Waals surface area contributed by atoms with E-state index in [0.717, 1.165) is 24.2 Å². The smallest absolute Gasteiger partial charge is 0.254 e. The third-order valence-electron chi connectivity index (χ3n) is 6.74. The number of piperazine rings is 1. The summed E-state index contributed by atoms with van der Waals surface area (Å²) in [5, 5.41) is 23.8. The number of methoxy groups -OCH3 is 1. The molecule has 3 heterocycles. The molecule has 0 aliphatic carbocycles. The van der Waals surface area contributed by atoms with Crippen LogP contribution in [0.2, 0.25) is 0 Å². The topological polar surface area (TPSA) is 147 Å². The molecule has 13 nitrogen and oxygen atoms in total. The van der Waals surface area contributed by atoms with E-state index >= 15 is 0 Å². The zero-order valence-corrected chi connectivity index (χ0v) is 23.1. The summed E-state index contributed by atoms with van der Waals surface area (Å²) in [5.74, 6) is 1.32. The summed E-state index contributed by atoms with van der Waals surface area (Å²) < 4.78 is 13.2. The summed E-state index contributed by atoms with van der Waals surface area (Å²) >= 11 is 0. The van der Waals surface area contributed by atoms with Crippen LogP contribution in [-0.4, -0.2) is 92.3 Å². The summed E-state index contributed by atoms with van der Waals surface area (Å²) in [6.07, 6.45) is 4.60. The van der Waals surface area contributed by atoms with E-state index in [9.17, 15) is 10.1 Å². The number of ether oxygens (including phenoxy) is 2. The van der Waals surface area contributed by atoms with Crippen molar-refractivity contribution in [3.8, 4) is 28.7 Å². The molecule has 1 fully saturated rings. The van der Waals surface area contributed by atoms with Gasteiger partial charge in [0.25, 0.3) is 5.91 Å². The first-order valence-corrected chi connectivity index (χ1v) is 13.1. The number of nitrogens with one attached hydrogen (secondary N) is 1. The maximum absolute atomic E-state index is 13.0. The molecule has 1 N–H and O–H groups in total. The Morgan fingerprint density at radius 2 is 1.85 bits per heavy atom. The number of carbonyl (C=O) groups excluding carboxylic acids is 1. The van der Waals surface area contributed by atoms with Crippen LogP contribution >= 0.6 is 0 Å². The van der Waals surface area contributed by atoms with Crippen molar-refractivity contribution in [1.82, 2.24) is 40.0 Å². The lowest BCUT2D eigenvalue weighted by Gasteiger charge is -2.32. The zero-order valence-electron chi connectivity index (χ0n) is 23.1. The predicted molar refractivity (Wildman–Crippen MR) is 150 cm³/mol. The SMILES string of the molecule is COc1cc(C(=O)N2CCN(C)CC2)ccc1Nc1ncc(-c2ccc(C#N)c(OC(C)Cn3cnnn3)c2)cn1. The molecule has 5 rings (SSSR count). The van der Waals surface area contributed by atoms with Crippen molar-refractivity contribution in [2.45, 2.75) is 19.6 Å². The van der Waals surface area contributed by atoms with Gasteiger partial charge in [0.2, 0.25) is 5.95 Å². The van der Waals surface area contributed by atoms with Gasteiger partial charge in [-0.25, -0.2) is 14.6 Å². The van der Waals surface area contributed by atoms with Crippen LogP contribution in [0.25, 0.3) is 11.1 Å². The number of likely N-dealkylation sites (N-methyl/N-ethyl adjacent to an activating group) is 1. The minimum Gasteiger partial charge on any atom is -0.495 e. The van der Waals surface area contributed by atoms with Gasteiger partial charge in [0, 0.05) is 49.7 Å². The van der Waals surface area contributed by atoms with Crippen molar-refractivity contribution in [3.05, 3.63) is 66.2 Å². The average Bonchev–Trinajstić information content (AvgIpc) is 3.50. The normalized spacial score (nSPS) is 14.2. The third kappa shape index (κ3) is 6.56. The van der Waals surface area contributed by atoms with Gasteiger partial charge in [-0.2, -0.15) is 5.26 Å². The van der Waals surface area contributed by atoms with Gasteiger partial charge in [-0.15, -0.1) is 5.10 Å². The van der Waals surface area contributed by atoms with Gasteiger partial charge in [0.1, 0.15) is 30.0 Å². The Hall–Kier alpha value is -5.09. The van der Waals surface area contributed by atoms with E-state index in [1.54, 1.807) is 54.5 Å². The predicted octanol–water partition coefficient (Wildman–Crippen LogP) is 2.61. The van der Waals surface area contributed by atoms with E-state index in [1.807, 2.05) is 17.9 Å². The highest BCUT2D eigenvalue weighted by atomic mass is 16.5. The zero-order chi connectivity index (χ0) is 28.8. The Kier molecular flexibility index (Phi) is 8.31. The van der Waals surface area contributed by atoms with Crippen LogP contribution in [0.5, 0.6) is 11.5 Å². The molecule has 1 aliphatic rings. The number of amides is 1. The molecule has 2 aromatic carbocycles. The van der Waals surface area contributed by atoms with Crippen LogP contribution in [0.1, 0.15) is 22.8 Å². The van der Waals surface area contributed by atoms with E-state index in [0.29, 0.717) is 53.9 Å². The Morgan fingerprint density at radius 3 is 2.54 bits per heavy atom. The molecule has 4 aromatic rings. The van der Waals surface area contributed by atoms with Gasteiger partial charge >= 0.3 is 0 Å². The average molecular weight is 555 g/mol. The first-order valence-electron chi connectivity index (χ1n) is 13.1. The minimum atomic E-state index is -0.276. The van der Waals surface area contributed by atoms with Gasteiger partial charge in [-0.05, 0) is 60.3 Å². The summed E-state index contributed by atoms with van der Waals surface area (Å²) in [6, 6.07) is 12.8. The lowest BCUT2D eigenvalue weighted by molar-refractivity contribution is 0.0664. The highest BCUT2D eigenvalue weighted by Gasteiger charge is 2.21. The number of anilines is 2. The summed E-state index contributed by atoms with van der Waals surface area (Å²) in [6.45, 7) is 5.42. The first-order chi connectivity index (χ1) is 19.9. The van der Waals surface area contributed by atoms with E-state index in [2.05, 4.69) is 48.8 Å². The number of hydrogen-bond donors (Lipinski definition) is 1. The molecule has 1 amide bonds. The molecule has 2 aromatic heterocycles. The molecule has 1 unspecified atom stereocenters. The second-order valence-electron chi connectivity index (χ2n) is 9.71. The summed E-state index contributed by atoms with van der Waals surface area (Å²) in [7, 11) is 3.61. The standard InChI is InChI=1S/C28H30N10O3/c1-19(17-38-18-32-34-35-38)41-25-12-20(4-5-22(25)14-29)23-15-30-28(31-16-23)33-24-7-6-21(13-26(24)40-3)27(39)37-10-8-36(2)9-11-37/h4-7,12-13,15-16,18-19H,8-11,17H2,1-3H3,(H,30,31,33). The molecule has 0 radical (unpaired) electrons. The van der Waals surface area contributed by atoms with Crippen LogP contribution in [0, 0.1) is 11.3 Å². The fraction of sp³-hybridized carbons (Fsp3) is 0.321. The molecule has 1 aliphatic heterocycles. The number of aromatic nitrogens is 6. The van der Waals surface area contributed by atoms with Crippen LogP contribution in [-0.2, 0) is 6.54 Å². The number of rotatable bonds is 9. The van der Waals surface area contributed by atoms with Crippen molar-refractivity contribution in [2.24, 2.45) is 0 Å². The lowest BCUT2D eigenvalue weighted by Crippen LogP contribution is -2.47. The number of benzene rings is 2. The molecular formula is C28H30N10O3. The fourth-order valence-corrected chi connectivity index (χ4v) is 4.45. The number of hydrogen-bond acceptors (Lipinski definition) is 11. The molecule has 1 atom stereocenters. The third-order valence-corrected chi connectivity index (χ3v) is 6.74. The van der Waals surface area contributed by atoms with Crippen molar-refractivity contribution < 1.29 is 14.3 Å². The van der Waals surface area contributed by atoms with Gasteiger partial charge in [-0.1, -0.05) is 6.07 Å². The number of tetrazole rings is 1. The van der Waals surface area contributed by atoms with Crippen molar-refractivity contribution in [3.63, 3.8) is 0 Å². The Bertz CT molecular complexity index is 1530. The number of nitrogens with zero attached hydrogens (tertiary/aromatic N) is 9. The van der Waals surface area contributed by atoms with Gasteiger partial charge in [0.05, 0.1) is 24.9 Å². The molecular weight excluding hydrogens is 524 g/mol. The van der Waals surface area contributed by atoms with Crippen LogP contribution in [0.4, 0.5) is 11.6 Å². The van der Waals surface area contributed by atoms with Gasteiger partial charge < -0.3 is 24.6 Å². The fourth-order valence-electron chi connectivity index (χ4n) is 4.45. The van der Waals surface area contributed by atoms with Gasteiger partial charge in [-0.3, -0.25) is 4.79 Å². The maximum Gasteiger partial charge on any atom is 0.254 e. The van der Waals surface area contributed by atoms with E-state index in [4.69, 9.17) is 9.47 Å². The van der Waals surface area contributed by atoms with Crippen LogP contribution < -0.4 is 14.8 Å². The van der Waals surface area contributed by atoms with Crippen molar-refractivity contribution in [1.29, 1.82) is 5.26 Å². The quantitative estimate of drug-likeness (QED) is 0.326. The number of carbonyl (C=O) groups is 1. The molecule has 0 bridgehead atoms. The molecule has 0 spiro atoms. The highest BCUT2D eigenvalue weighted by Crippen LogP contribution is 2.30. The second-order valence-corrected chi connectivity index (χ2v) is 9.71. The molecule has 210 valence electrons. The summed E-state index contributed by atoms with van der Waals surface area (Å²) in [5.41, 5.74) is 3.17. The lowest BCUT2D eigenvalue weighted by atomic mass is 10.1.